The van der Waals surface area contributed by atoms with Crippen LogP contribution in [0.1, 0.15) is 41.6 Å². The Morgan fingerprint density at radius 2 is 1.78 bits per heavy atom. The molecular weight excluding hydrogens is 440 g/mol. The van der Waals surface area contributed by atoms with E-state index in [1.54, 1.807) is 22.8 Å². The van der Waals surface area contributed by atoms with Crippen molar-refractivity contribution >= 4 is 31.6 Å². The van der Waals surface area contributed by atoms with Gasteiger partial charge in [0, 0.05) is 6.04 Å². The summed E-state index contributed by atoms with van der Waals surface area (Å²) in [6, 6.07) is 20.6. The Kier molecular flexibility index (Phi) is 5.49. The maximum absolute atomic E-state index is 13.1. The number of fused-ring (bicyclic) bond motifs is 2. The largest absolute Gasteiger partial charge is 0.308 e. The minimum Gasteiger partial charge on any atom is -0.294 e. The molecule has 0 aliphatic heterocycles. The smallest absolute Gasteiger partial charge is 0.294 e. The Balaban J connectivity index is 1.41. The summed E-state index contributed by atoms with van der Waals surface area (Å²) >= 11 is 1.07. The first kappa shape index (κ1) is 21.1. The molecule has 1 N–H and O–H groups in total. The quantitative estimate of drug-likeness (QED) is 0.452. The van der Waals surface area contributed by atoms with E-state index < -0.39 is 10.0 Å². The summed E-state index contributed by atoms with van der Waals surface area (Å²) < 4.78 is 31.3. The zero-order chi connectivity index (χ0) is 22.3. The van der Waals surface area contributed by atoms with E-state index in [9.17, 15) is 13.2 Å². The highest BCUT2D eigenvalue weighted by molar-refractivity contribution is 7.89. The van der Waals surface area contributed by atoms with Crippen LogP contribution in [0.5, 0.6) is 0 Å². The first-order chi connectivity index (χ1) is 15.4. The monoisotopic (exact) mass is 464 g/mol. The molecule has 1 atom stereocenters. The number of aryl methyl sites for hydroxylation is 2. The van der Waals surface area contributed by atoms with Crippen LogP contribution in [0.4, 0.5) is 0 Å². The zero-order valence-corrected chi connectivity index (χ0v) is 19.4. The highest BCUT2D eigenvalue weighted by atomic mass is 32.2. The Morgan fingerprint density at radius 3 is 2.59 bits per heavy atom. The molecule has 0 spiro atoms. The summed E-state index contributed by atoms with van der Waals surface area (Å²) in [4.78, 5) is 12.6. The van der Waals surface area contributed by atoms with Gasteiger partial charge in [0.1, 0.15) is 0 Å². The molecule has 3 aromatic carbocycles. The van der Waals surface area contributed by atoms with Crippen molar-refractivity contribution in [1.82, 2.24) is 9.29 Å². The molecule has 0 radical (unpaired) electrons. The molecule has 0 unspecified atom stereocenters. The molecule has 0 saturated heterocycles. The van der Waals surface area contributed by atoms with Crippen LogP contribution in [0.2, 0.25) is 0 Å². The topological polar surface area (TPSA) is 68.2 Å². The number of rotatable bonds is 6. The lowest BCUT2D eigenvalue weighted by atomic mass is 10.0. The molecule has 1 aliphatic carbocycles. The lowest BCUT2D eigenvalue weighted by Crippen LogP contribution is -2.27. The third kappa shape index (κ3) is 4.03. The van der Waals surface area contributed by atoms with E-state index in [1.165, 1.54) is 11.1 Å². The molecule has 1 aromatic heterocycles. The molecule has 7 heteroatoms. The van der Waals surface area contributed by atoms with Crippen LogP contribution in [0.15, 0.2) is 76.4 Å². The normalized spacial score (nSPS) is 14.5. The lowest BCUT2D eigenvalue weighted by Gasteiger charge is -2.16. The summed E-state index contributed by atoms with van der Waals surface area (Å²) in [7, 11) is -3.73. The highest BCUT2D eigenvalue weighted by Gasteiger charge is 2.21. The maximum atomic E-state index is 13.1. The van der Waals surface area contributed by atoms with E-state index >= 15 is 0 Å². The van der Waals surface area contributed by atoms with Crippen LogP contribution in [-0.4, -0.2) is 13.0 Å². The van der Waals surface area contributed by atoms with Crippen LogP contribution in [-0.2, 0) is 29.4 Å². The van der Waals surface area contributed by atoms with Crippen LogP contribution in [0, 0.1) is 0 Å². The Hall–Kier alpha value is -2.74. The number of hydrogen-bond donors (Lipinski definition) is 1. The number of nitrogens with one attached hydrogen (secondary N) is 1. The fourth-order valence-electron chi connectivity index (χ4n) is 4.36. The second-order valence-corrected chi connectivity index (χ2v) is 11.0. The molecule has 164 valence electrons. The third-order valence-corrected chi connectivity index (χ3v) is 8.57. The third-order valence-electron chi connectivity index (χ3n) is 6.09. The summed E-state index contributed by atoms with van der Waals surface area (Å²) in [6.45, 7) is 2.32. The fraction of sp³-hybridized carbons (Fsp3) is 0.240. The predicted molar refractivity (Wildman–Crippen MR) is 129 cm³/mol. The van der Waals surface area contributed by atoms with Gasteiger partial charge in [-0.3, -0.25) is 9.36 Å². The molecule has 0 saturated carbocycles. The Labute approximate surface area is 191 Å². The number of aromatic nitrogens is 1. The van der Waals surface area contributed by atoms with Gasteiger partial charge >= 0.3 is 4.87 Å². The van der Waals surface area contributed by atoms with Gasteiger partial charge in [-0.05, 0) is 66.6 Å². The van der Waals surface area contributed by atoms with Crippen molar-refractivity contribution in [2.24, 2.45) is 0 Å². The van der Waals surface area contributed by atoms with E-state index in [1.807, 2.05) is 43.3 Å². The molecule has 5 rings (SSSR count). The minimum absolute atomic E-state index is 0.0992. The van der Waals surface area contributed by atoms with Gasteiger partial charge in [0.2, 0.25) is 10.0 Å². The first-order valence-electron chi connectivity index (χ1n) is 10.7. The van der Waals surface area contributed by atoms with Crippen molar-refractivity contribution in [1.29, 1.82) is 0 Å². The van der Waals surface area contributed by atoms with Crippen LogP contribution in [0.3, 0.4) is 0 Å². The molecule has 5 nitrogen and oxygen atoms in total. The second-order valence-electron chi connectivity index (χ2n) is 8.29. The van der Waals surface area contributed by atoms with Crippen LogP contribution >= 0.6 is 11.3 Å². The number of benzene rings is 3. The highest BCUT2D eigenvalue weighted by Crippen LogP contribution is 2.27. The minimum atomic E-state index is -3.73. The number of hydrogen-bond acceptors (Lipinski definition) is 4. The van der Waals surface area contributed by atoms with Gasteiger partial charge in [-0.25, -0.2) is 13.1 Å². The average Bonchev–Trinajstić information content (AvgIpc) is 3.37. The summed E-state index contributed by atoms with van der Waals surface area (Å²) in [6.07, 6.45) is 3.31. The molecular formula is C25H24N2O3S2. The summed E-state index contributed by atoms with van der Waals surface area (Å²) in [5.74, 6) is 0. The van der Waals surface area contributed by atoms with Gasteiger partial charge in [0.25, 0.3) is 0 Å². The summed E-state index contributed by atoms with van der Waals surface area (Å²) in [5.41, 5.74) is 5.42. The fourth-order valence-corrected chi connectivity index (χ4v) is 6.62. The molecule has 0 fully saturated rings. The van der Waals surface area contributed by atoms with Gasteiger partial charge < -0.3 is 0 Å². The van der Waals surface area contributed by atoms with Crippen molar-refractivity contribution in [2.45, 2.75) is 43.7 Å². The average molecular weight is 465 g/mol. The van der Waals surface area contributed by atoms with E-state index in [-0.39, 0.29) is 15.8 Å². The number of sulfonamides is 1. The molecule has 1 aliphatic rings. The van der Waals surface area contributed by atoms with E-state index in [0.717, 1.165) is 47.2 Å². The SMILES string of the molecule is C[C@@H](NS(=O)(=O)c1ccc2c(c1)sc(=O)n2Cc1ccccc1)c1ccc2c(c1)CCC2. The Bertz CT molecular complexity index is 1450. The maximum Gasteiger partial charge on any atom is 0.308 e. The van der Waals surface area contributed by atoms with E-state index in [0.29, 0.717) is 11.2 Å². The molecule has 4 aromatic rings. The van der Waals surface area contributed by atoms with Crippen molar-refractivity contribution in [3.63, 3.8) is 0 Å². The van der Waals surface area contributed by atoms with Crippen molar-refractivity contribution in [3.05, 3.63) is 98.7 Å². The van der Waals surface area contributed by atoms with Gasteiger partial charge in [0.15, 0.2) is 0 Å². The molecule has 0 amide bonds. The molecule has 0 bridgehead atoms. The second kappa shape index (κ2) is 8.31. The molecule has 1 heterocycles. The summed E-state index contributed by atoms with van der Waals surface area (Å²) in [5, 5.41) is 0. The van der Waals surface area contributed by atoms with Crippen molar-refractivity contribution in [2.75, 3.05) is 0 Å². The van der Waals surface area contributed by atoms with E-state index in [4.69, 9.17) is 0 Å². The van der Waals surface area contributed by atoms with Crippen molar-refractivity contribution < 1.29 is 8.42 Å². The number of thiazole rings is 1. The van der Waals surface area contributed by atoms with Gasteiger partial charge in [-0.15, -0.1) is 0 Å². The first-order valence-corrected chi connectivity index (χ1v) is 13.0. The zero-order valence-electron chi connectivity index (χ0n) is 17.7. The van der Waals surface area contributed by atoms with E-state index in [2.05, 4.69) is 16.9 Å². The van der Waals surface area contributed by atoms with Crippen LogP contribution < -0.4 is 9.60 Å². The van der Waals surface area contributed by atoms with Gasteiger partial charge in [0.05, 0.1) is 21.7 Å². The van der Waals surface area contributed by atoms with Gasteiger partial charge in [-0.1, -0.05) is 59.9 Å². The van der Waals surface area contributed by atoms with Crippen molar-refractivity contribution in [3.8, 4) is 0 Å². The molecule has 32 heavy (non-hydrogen) atoms. The standard InChI is InChI=1S/C25H24N2O3S2/c1-17(20-11-10-19-8-5-9-21(19)14-20)26-32(29,30)22-12-13-23-24(15-22)31-25(28)27(23)16-18-6-3-2-4-7-18/h2-4,6-7,10-15,17,26H,5,8-9,16H2,1H3/t17-/m1/s1. The Morgan fingerprint density at radius 1 is 1.00 bits per heavy atom. The van der Waals surface area contributed by atoms with Crippen LogP contribution in [0.25, 0.3) is 10.2 Å². The lowest BCUT2D eigenvalue weighted by molar-refractivity contribution is 0.567. The van der Waals surface area contributed by atoms with Gasteiger partial charge in [-0.2, -0.15) is 0 Å². The number of nitrogens with zero attached hydrogens (tertiary/aromatic N) is 1. The predicted octanol–water partition coefficient (Wildman–Crippen LogP) is 4.64.